The van der Waals surface area contributed by atoms with E-state index in [0.717, 1.165) is 11.8 Å². The van der Waals surface area contributed by atoms with Gasteiger partial charge in [-0.3, -0.25) is 25.0 Å². The molecule has 0 N–H and O–H groups in total. The minimum absolute atomic E-state index is 0.0250. The lowest BCUT2D eigenvalue weighted by Gasteiger charge is -2.35. The van der Waals surface area contributed by atoms with Gasteiger partial charge in [-0.2, -0.15) is 0 Å². The van der Waals surface area contributed by atoms with Crippen molar-refractivity contribution in [2.24, 2.45) is 0 Å². The molecule has 0 atom stereocenters. The quantitative estimate of drug-likeness (QED) is 0.613. The molecule has 0 bridgehead atoms. The zero-order valence-corrected chi connectivity index (χ0v) is 13.0. The van der Waals surface area contributed by atoms with E-state index in [2.05, 4.69) is 0 Å². The SMILES string of the molecule is O=C(c1ccc([N+](=O)[O-])o1)N1CCN(c2ccc([N+](=O)[O-])cc2)CC1. The van der Waals surface area contributed by atoms with Gasteiger partial charge in [0.05, 0.1) is 11.0 Å². The van der Waals surface area contributed by atoms with Gasteiger partial charge in [0.15, 0.2) is 5.76 Å². The number of non-ortho nitro benzene ring substituents is 1. The van der Waals surface area contributed by atoms with Crippen molar-refractivity contribution < 1.29 is 19.1 Å². The van der Waals surface area contributed by atoms with Crippen LogP contribution in [0.25, 0.3) is 0 Å². The molecule has 0 aliphatic carbocycles. The van der Waals surface area contributed by atoms with Crippen LogP contribution in [0.3, 0.4) is 0 Å². The molecule has 0 saturated carbocycles. The normalized spacial score (nSPS) is 14.4. The number of hydrogen-bond acceptors (Lipinski definition) is 7. The molecule has 130 valence electrons. The third-order valence-electron chi connectivity index (χ3n) is 3.98. The number of furan rings is 1. The summed E-state index contributed by atoms with van der Waals surface area (Å²) in [6.45, 7) is 1.94. The summed E-state index contributed by atoms with van der Waals surface area (Å²) in [5.74, 6) is -0.917. The van der Waals surface area contributed by atoms with Crippen LogP contribution in [-0.4, -0.2) is 46.8 Å². The van der Waals surface area contributed by atoms with Crippen molar-refractivity contribution in [1.82, 2.24) is 4.90 Å². The molecule has 0 radical (unpaired) electrons. The Balaban J connectivity index is 1.61. The van der Waals surface area contributed by atoms with E-state index in [9.17, 15) is 25.0 Å². The number of benzene rings is 1. The number of hydrogen-bond donors (Lipinski definition) is 0. The summed E-state index contributed by atoms with van der Waals surface area (Å²) in [6.07, 6.45) is 0. The highest BCUT2D eigenvalue weighted by Gasteiger charge is 2.26. The summed E-state index contributed by atoms with van der Waals surface area (Å²) in [6, 6.07) is 8.67. The molecule has 1 amide bonds. The Hall–Kier alpha value is -3.43. The van der Waals surface area contributed by atoms with Crippen LogP contribution in [-0.2, 0) is 0 Å². The van der Waals surface area contributed by atoms with Crippen LogP contribution in [0.15, 0.2) is 40.8 Å². The second kappa shape index (κ2) is 6.59. The standard InChI is InChI=1S/C15H14N4O6/c20-15(13-5-6-14(25-13)19(23)24)17-9-7-16(8-10-17)11-1-3-12(4-2-11)18(21)22/h1-6H,7-10H2. The highest BCUT2D eigenvalue weighted by Crippen LogP contribution is 2.22. The molecular weight excluding hydrogens is 332 g/mol. The first-order chi connectivity index (χ1) is 12.0. The lowest BCUT2D eigenvalue weighted by atomic mass is 10.2. The Labute approximate surface area is 141 Å². The van der Waals surface area contributed by atoms with Crippen molar-refractivity contribution in [1.29, 1.82) is 0 Å². The Bertz CT molecular complexity index is 808. The van der Waals surface area contributed by atoms with E-state index in [0.29, 0.717) is 26.2 Å². The van der Waals surface area contributed by atoms with E-state index < -0.39 is 21.6 Å². The van der Waals surface area contributed by atoms with Crippen molar-refractivity contribution >= 4 is 23.2 Å². The van der Waals surface area contributed by atoms with Crippen molar-refractivity contribution in [2.75, 3.05) is 31.1 Å². The van der Waals surface area contributed by atoms with Gasteiger partial charge >= 0.3 is 5.88 Å². The van der Waals surface area contributed by atoms with Crippen LogP contribution in [0.2, 0.25) is 0 Å². The summed E-state index contributed by atoms with van der Waals surface area (Å²) in [7, 11) is 0. The smallest absolute Gasteiger partial charge is 0.395 e. The maximum atomic E-state index is 12.3. The summed E-state index contributed by atoms with van der Waals surface area (Å²) < 4.78 is 4.94. The van der Waals surface area contributed by atoms with Gasteiger partial charge in [-0.25, -0.2) is 0 Å². The van der Waals surface area contributed by atoms with Crippen LogP contribution in [0.4, 0.5) is 17.3 Å². The Kier molecular flexibility index (Phi) is 4.33. The van der Waals surface area contributed by atoms with E-state index in [1.165, 1.54) is 18.2 Å². The van der Waals surface area contributed by atoms with Gasteiger partial charge in [0.2, 0.25) is 0 Å². The first-order valence-corrected chi connectivity index (χ1v) is 7.48. The molecule has 1 aliphatic heterocycles. The van der Waals surface area contributed by atoms with Gasteiger partial charge in [-0.1, -0.05) is 0 Å². The topological polar surface area (TPSA) is 123 Å². The predicted octanol–water partition coefficient (Wildman–Crippen LogP) is 2.06. The average Bonchev–Trinajstić information content (AvgIpc) is 3.12. The zero-order chi connectivity index (χ0) is 18.0. The average molecular weight is 346 g/mol. The molecule has 0 unspecified atom stereocenters. The Morgan fingerprint density at radius 1 is 0.920 bits per heavy atom. The van der Waals surface area contributed by atoms with Crippen LogP contribution < -0.4 is 4.90 Å². The maximum absolute atomic E-state index is 12.3. The third kappa shape index (κ3) is 3.42. The third-order valence-corrected chi connectivity index (χ3v) is 3.98. The molecule has 2 aromatic rings. The molecule has 1 aliphatic rings. The fraction of sp³-hybridized carbons (Fsp3) is 0.267. The number of carbonyl (C=O) groups excluding carboxylic acids is 1. The van der Waals surface area contributed by atoms with E-state index >= 15 is 0 Å². The van der Waals surface area contributed by atoms with Gasteiger partial charge < -0.3 is 14.2 Å². The molecule has 1 aromatic carbocycles. The van der Waals surface area contributed by atoms with Gasteiger partial charge in [0.25, 0.3) is 11.6 Å². The fourth-order valence-corrected chi connectivity index (χ4v) is 2.65. The van der Waals surface area contributed by atoms with E-state index in [1.54, 1.807) is 17.0 Å². The fourth-order valence-electron chi connectivity index (χ4n) is 2.65. The second-order valence-electron chi connectivity index (χ2n) is 5.45. The lowest BCUT2D eigenvalue weighted by molar-refractivity contribution is -0.402. The first-order valence-electron chi connectivity index (χ1n) is 7.48. The molecule has 1 aromatic heterocycles. The molecule has 25 heavy (non-hydrogen) atoms. The Morgan fingerprint density at radius 3 is 2.08 bits per heavy atom. The second-order valence-corrected chi connectivity index (χ2v) is 5.45. The van der Waals surface area contributed by atoms with Crippen molar-refractivity contribution in [2.45, 2.75) is 0 Å². The summed E-state index contributed by atoms with van der Waals surface area (Å²) >= 11 is 0. The number of carbonyl (C=O) groups is 1. The number of nitrogens with zero attached hydrogens (tertiary/aromatic N) is 4. The molecule has 1 fully saturated rings. The van der Waals surface area contributed by atoms with Crippen LogP contribution >= 0.6 is 0 Å². The number of nitro groups is 2. The molecule has 1 saturated heterocycles. The monoisotopic (exact) mass is 346 g/mol. The van der Waals surface area contributed by atoms with Crippen LogP contribution in [0.5, 0.6) is 0 Å². The number of nitro benzene ring substituents is 1. The summed E-state index contributed by atoms with van der Waals surface area (Å²) in [4.78, 5) is 36.0. The highest BCUT2D eigenvalue weighted by atomic mass is 16.6. The minimum atomic E-state index is -0.691. The van der Waals surface area contributed by atoms with Crippen molar-refractivity contribution in [3.63, 3.8) is 0 Å². The van der Waals surface area contributed by atoms with E-state index in [1.807, 2.05) is 4.90 Å². The minimum Gasteiger partial charge on any atom is -0.395 e. The molecule has 3 rings (SSSR count). The highest BCUT2D eigenvalue weighted by molar-refractivity contribution is 5.92. The number of anilines is 1. The van der Waals surface area contributed by atoms with Crippen LogP contribution in [0, 0.1) is 20.2 Å². The van der Waals surface area contributed by atoms with Gasteiger partial charge in [-0.05, 0) is 18.2 Å². The first kappa shape index (κ1) is 16.4. The molecule has 10 heteroatoms. The van der Waals surface area contributed by atoms with Crippen molar-refractivity contribution in [3.05, 3.63) is 62.4 Å². The van der Waals surface area contributed by atoms with Crippen molar-refractivity contribution in [3.8, 4) is 0 Å². The van der Waals surface area contributed by atoms with Gasteiger partial charge in [0.1, 0.15) is 4.92 Å². The molecule has 0 spiro atoms. The lowest BCUT2D eigenvalue weighted by Crippen LogP contribution is -2.48. The molecular formula is C15H14N4O6. The number of piperazine rings is 1. The maximum Gasteiger partial charge on any atom is 0.433 e. The molecule has 10 nitrogen and oxygen atoms in total. The zero-order valence-electron chi connectivity index (χ0n) is 13.0. The summed E-state index contributed by atoms with van der Waals surface area (Å²) in [5.41, 5.74) is 0.864. The Morgan fingerprint density at radius 2 is 1.56 bits per heavy atom. The van der Waals surface area contributed by atoms with E-state index in [-0.39, 0.29) is 11.4 Å². The summed E-state index contributed by atoms with van der Waals surface area (Å²) in [5, 5.41) is 21.3. The van der Waals surface area contributed by atoms with Crippen LogP contribution in [0.1, 0.15) is 10.6 Å². The number of rotatable bonds is 4. The number of amides is 1. The molecule has 2 heterocycles. The van der Waals surface area contributed by atoms with E-state index in [4.69, 9.17) is 4.42 Å². The largest absolute Gasteiger partial charge is 0.433 e. The van der Waals surface area contributed by atoms with Gasteiger partial charge in [-0.15, -0.1) is 0 Å². The van der Waals surface area contributed by atoms with Gasteiger partial charge in [0, 0.05) is 44.0 Å². The predicted molar refractivity (Wildman–Crippen MR) is 86.6 cm³/mol.